The van der Waals surface area contributed by atoms with Gasteiger partial charge in [0.1, 0.15) is 11.5 Å². The van der Waals surface area contributed by atoms with E-state index in [1.165, 1.54) is 0 Å². The van der Waals surface area contributed by atoms with E-state index in [4.69, 9.17) is 9.47 Å². The second-order valence-corrected chi connectivity index (χ2v) is 8.68. The SMILES string of the molecule is COc1ccc(OC)c(C2CCCN2CC(=O)Nc2cccc(-c3csc(C)n3)c2)c1. The van der Waals surface area contributed by atoms with E-state index in [2.05, 4.69) is 15.2 Å². The largest absolute Gasteiger partial charge is 0.497 e. The second-order valence-electron chi connectivity index (χ2n) is 7.62. The molecule has 1 fully saturated rings. The van der Waals surface area contributed by atoms with Crippen molar-refractivity contribution < 1.29 is 14.3 Å². The highest BCUT2D eigenvalue weighted by molar-refractivity contribution is 7.09. The Morgan fingerprint density at radius 1 is 1.23 bits per heavy atom. The van der Waals surface area contributed by atoms with Crippen molar-refractivity contribution in [1.29, 1.82) is 0 Å². The van der Waals surface area contributed by atoms with E-state index in [0.717, 1.165) is 58.4 Å². The molecule has 0 spiro atoms. The fourth-order valence-electron chi connectivity index (χ4n) is 4.10. The van der Waals surface area contributed by atoms with Gasteiger partial charge in [0.05, 0.1) is 31.5 Å². The lowest BCUT2D eigenvalue weighted by atomic mass is 10.0. The van der Waals surface area contributed by atoms with Gasteiger partial charge < -0.3 is 14.8 Å². The van der Waals surface area contributed by atoms with Gasteiger partial charge in [-0.2, -0.15) is 0 Å². The van der Waals surface area contributed by atoms with E-state index in [1.807, 2.05) is 54.8 Å². The summed E-state index contributed by atoms with van der Waals surface area (Å²) in [6.07, 6.45) is 2.02. The normalized spacial score (nSPS) is 16.3. The molecule has 1 N–H and O–H groups in total. The molecule has 0 saturated carbocycles. The number of methoxy groups -OCH3 is 2. The Balaban J connectivity index is 1.46. The van der Waals surface area contributed by atoms with Gasteiger partial charge in [0.25, 0.3) is 0 Å². The van der Waals surface area contributed by atoms with Crippen LogP contribution in [0.5, 0.6) is 11.5 Å². The number of nitrogens with zero attached hydrogens (tertiary/aromatic N) is 2. The molecule has 1 atom stereocenters. The standard InChI is InChI=1S/C24H27N3O3S/c1-16-25-21(15-31-16)17-6-4-7-18(12-17)26-24(28)14-27-11-5-8-22(27)20-13-19(29-2)9-10-23(20)30-3/h4,6-7,9-10,12-13,15,22H,5,8,11,14H2,1-3H3,(H,26,28). The number of aromatic nitrogens is 1. The topological polar surface area (TPSA) is 63.7 Å². The predicted octanol–water partition coefficient (Wildman–Crippen LogP) is 4.91. The van der Waals surface area contributed by atoms with Gasteiger partial charge in [-0.25, -0.2) is 4.98 Å². The lowest BCUT2D eigenvalue weighted by molar-refractivity contribution is -0.117. The van der Waals surface area contributed by atoms with Crippen LogP contribution >= 0.6 is 11.3 Å². The van der Waals surface area contributed by atoms with E-state index < -0.39 is 0 Å². The number of carbonyl (C=O) groups excluding carboxylic acids is 1. The molecule has 1 unspecified atom stereocenters. The summed E-state index contributed by atoms with van der Waals surface area (Å²) < 4.78 is 11.0. The van der Waals surface area contributed by atoms with Gasteiger partial charge >= 0.3 is 0 Å². The minimum absolute atomic E-state index is 0.0274. The van der Waals surface area contributed by atoms with Crippen molar-refractivity contribution >= 4 is 22.9 Å². The Kier molecular flexibility index (Phi) is 6.53. The van der Waals surface area contributed by atoms with Gasteiger partial charge in [-0.3, -0.25) is 9.69 Å². The highest BCUT2D eigenvalue weighted by Crippen LogP contribution is 2.38. The molecule has 1 aromatic heterocycles. The first-order valence-electron chi connectivity index (χ1n) is 10.4. The van der Waals surface area contributed by atoms with Crippen LogP contribution in [-0.4, -0.2) is 43.1 Å². The number of likely N-dealkylation sites (tertiary alicyclic amines) is 1. The molecule has 31 heavy (non-hydrogen) atoms. The van der Waals surface area contributed by atoms with E-state index in [-0.39, 0.29) is 11.9 Å². The number of thiazole rings is 1. The maximum absolute atomic E-state index is 12.9. The Morgan fingerprint density at radius 2 is 2.10 bits per heavy atom. The lowest BCUT2D eigenvalue weighted by Gasteiger charge is -2.26. The summed E-state index contributed by atoms with van der Waals surface area (Å²) in [6.45, 7) is 3.19. The van der Waals surface area contributed by atoms with Crippen LogP contribution < -0.4 is 14.8 Å². The third-order valence-corrected chi connectivity index (χ3v) is 6.34. The monoisotopic (exact) mass is 437 g/mol. The highest BCUT2D eigenvalue weighted by atomic mass is 32.1. The molecule has 1 amide bonds. The lowest BCUT2D eigenvalue weighted by Crippen LogP contribution is -2.33. The van der Waals surface area contributed by atoms with E-state index in [9.17, 15) is 4.79 Å². The van der Waals surface area contributed by atoms with Crippen LogP contribution in [0, 0.1) is 6.92 Å². The molecule has 6 nitrogen and oxygen atoms in total. The van der Waals surface area contributed by atoms with Gasteiger partial charge in [0.15, 0.2) is 0 Å². The van der Waals surface area contributed by atoms with Gasteiger partial charge in [0, 0.05) is 28.2 Å². The fraction of sp³-hybridized carbons (Fsp3) is 0.333. The highest BCUT2D eigenvalue weighted by Gasteiger charge is 2.30. The molecule has 0 aliphatic carbocycles. The minimum Gasteiger partial charge on any atom is -0.497 e. The average molecular weight is 438 g/mol. The van der Waals surface area contributed by atoms with E-state index in [1.54, 1.807) is 25.6 Å². The molecular weight excluding hydrogens is 410 g/mol. The Morgan fingerprint density at radius 3 is 2.84 bits per heavy atom. The van der Waals surface area contributed by atoms with Crippen molar-refractivity contribution in [2.24, 2.45) is 0 Å². The smallest absolute Gasteiger partial charge is 0.238 e. The number of anilines is 1. The molecule has 1 aliphatic rings. The number of aryl methyl sites for hydroxylation is 1. The average Bonchev–Trinajstić information content (AvgIpc) is 3.42. The molecule has 7 heteroatoms. The Hall–Kier alpha value is -2.90. The summed E-state index contributed by atoms with van der Waals surface area (Å²) in [7, 11) is 3.33. The molecule has 2 aromatic carbocycles. The van der Waals surface area contributed by atoms with Crippen LogP contribution in [-0.2, 0) is 4.79 Å². The van der Waals surface area contributed by atoms with Gasteiger partial charge in [-0.1, -0.05) is 12.1 Å². The zero-order valence-corrected chi connectivity index (χ0v) is 18.9. The predicted molar refractivity (Wildman–Crippen MR) is 124 cm³/mol. The van der Waals surface area contributed by atoms with Crippen LogP contribution in [0.15, 0.2) is 47.8 Å². The molecule has 3 aromatic rings. The maximum Gasteiger partial charge on any atom is 0.238 e. The zero-order valence-electron chi connectivity index (χ0n) is 18.1. The van der Waals surface area contributed by atoms with Crippen LogP contribution in [0.1, 0.15) is 29.5 Å². The first-order valence-corrected chi connectivity index (χ1v) is 11.2. The number of rotatable bonds is 7. The van der Waals surface area contributed by atoms with Crippen molar-refractivity contribution in [3.63, 3.8) is 0 Å². The van der Waals surface area contributed by atoms with Crippen LogP contribution in [0.25, 0.3) is 11.3 Å². The molecular formula is C24H27N3O3S. The number of benzene rings is 2. The van der Waals surface area contributed by atoms with Crippen molar-refractivity contribution in [1.82, 2.24) is 9.88 Å². The number of hydrogen-bond acceptors (Lipinski definition) is 6. The Bertz CT molecular complexity index is 1070. The van der Waals surface area contributed by atoms with Crippen molar-refractivity contribution in [2.45, 2.75) is 25.8 Å². The zero-order chi connectivity index (χ0) is 21.8. The van der Waals surface area contributed by atoms with Crippen LogP contribution in [0.2, 0.25) is 0 Å². The minimum atomic E-state index is -0.0274. The molecule has 4 rings (SSSR count). The summed E-state index contributed by atoms with van der Waals surface area (Å²) in [4.78, 5) is 19.6. The third-order valence-electron chi connectivity index (χ3n) is 5.57. The number of ether oxygens (including phenoxy) is 2. The van der Waals surface area contributed by atoms with Gasteiger partial charge in [-0.15, -0.1) is 11.3 Å². The maximum atomic E-state index is 12.9. The Labute approximate surface area is 186 Å². The summed E-state index contributed by atoms with van der Waals surface area (Å²) in [6, 6.07) is 13.8. The quantitative estimate of drug-likeness (QED) is 0.569. The molecule has 1 aliphatic heterocycles. The molecule has 0 bridgehead atoms. The number of hydrogen-bond donors (Lipinski definition) is 1. The first-order chi connectivity index (χ1) is 15.1. The summed E-state index contributed by atoms with van der Waals surface area (Å²) >= 11 is 1.62. The van der Waals surface area contributed by atoms with Crippen molar-refractivity contribution in [3.05, 3.63) is 58.4 Å². The fourth-order valence-corrected chi connectivity index (χ4v) is 4.73. The summed E-state index contributed by atoms with van der Waals surface area (Å²) in [5.74, 6) is 1.59. The van der Waals surface area contributed by atoms with Crippen LogP contribution in [0.3, 0.4) is 0 Å². The second kappa shape index (κ2) is 9.49. The van der Waals surface area contributed by atoms with E-state index in [0.29, 0.717) is 6.54 Å². The van der Waals surface area contributed by atoms with E-state index >= 15 is 0 Å². The summed E-state index contributed by atoms with van der Waals surface area (Å²) in [5, 5.41) is 6.11. The molecule has 162 valence electrons. The van der Waals surface area contributed by atoms with Crippen molar-refractivity contribution in [3.8, 4) is 22.8 Å². The number of amides is 1. The molecule has 1 saturated heterocycles. The van der Waals surface area contributed by atoms with Gasteiger partial charge in [0.2, 0.25) is 5.91 Å². The molecule has 0 radical (unpaired) electrons. The molecule has 2 heterocycles. The third kappa shape index (κ3) is 4.89. The van der Waals surface area contributed by atoms with Crippen molar-refractivity contribution in [2.75, 3.05) is 32.6 Å². The van der Waals surface area contributed by atoms with Crippen LogP contribution in [0.4, 0.5) is 5.69 Å². The first kappa shape index (κ1) is 21.3. The summed E-state index contributed by atoms with van der Waals surface area (Å²) in [5.41, 5.74) is 3.78. The number of nitrogens with one attached hydrogen (secondary N) is 1. The van der Waals surface area contributed by atoms with Gasteiger partial charge in [-0.05, 0) is 56.6 Å². The number of carbonyl (C=O) groups is 1.